The lowest BCUT2D eigenvalue weighted by molar-refractivity contribution is -0.266. The molecule has 9 nitrogen and oxygen atoms in total. The van der Waals surface area contributed by atoms with Gasteiger partial charge in [-0.25, -0.2) is 18.7 Å². The standard InChI is InChI=1S/C25H27F2N5O4/c1-12-7-16(9-32(12)25(34)35)31-24(33)19-13(2)30-22-20(28-11-29-21(19)22)17-8-15(23(26)27)5-6-18(17)36-10-14-3-4-14/h5-6,8,11-12,14,16,23,30H,3-4,7,9-10H2,1-2H3,(H,31,33)(H,34,35)/p-1/t12-,16-/m0/s1. The van der Waals surface area contributed by atoms with Crippen LogP contribution in [0.1, 0.15) is 54.2 Å². The second kappa shape index (κ2) is 9.36. The van der Waals surface area contributed by atoms with Gasteiger partial charge in [0.05, 0.1) is 17.7 Å². The first kappa shape index (κ1) is 24.0. The number of aromatic nitrogens is 3. The molecule has 0 spiro atoms. The van der Waals surface area contributed by atoms with E-state index in [0.717, 1.165) is 12.8 Å². The Labute approximate surface area is 205 Å². The molecule has 2 atom stereocenters. The van der Waals surface area contributed by atoms with Gasteiger partial charge in [0, 0.05) is 35.4 Å². The molecule has 2 fully saturated rings. The summed E-state index contributed by atoms with van der Waals surface area (Å²) < 4.78 is 33.0. The lowest BCUT2D eigenvalue weighted by Crippen LogP contribution is -2.44. The van der Waals surface area contributed by atoms with E-state index in [1.54, 1.807) is 13.8 Å². The number of carbonyl (C=O) groups is 2. The number of nitrogens with one attached hydrogen (secondary N) is 2. The van der Waals surface area contributed by atoms with Crippen molar-refractivity contribution < 1.29 is 28.2 Å². The number of nitrogens with zero attached hydrogens (tertiary/aromatic N) is 3. The number of hydrogen-bond acceptors (Lipinski definition) is 6. The van der Waals surface area contributed by atoms with E-state index in [1.165, 1.54) is 29.4 Å². The van der Waals surface area contributed by atoms with Crippen LogP contribution in [0.4, 0.5) is 13.6 Å². The van der Waals surface area contributed by atoms with E-state index < -0.39 is 18.4 Å². The molecular weight excluding hydrogens is 472 g/mol. The number of H-pyrrole nitrogens is 1. The van der Waals surface area contributed by atoms with E-state index in [2.05, 4.69) is 20.3 Å². The molecule has 190 valence electrons. The average molecular weight is 499 g/mol. The van der Waals surface area contributed by atoms with Crippen molar-refractivity contribution >= 4 is 23.0 Å². The van der Waals surface area contributed by atoms with Crippen molar-refractivity contribution in [3.63, 3.8) is 0 Å². The van der Waals surface area contributed by atoms with Crippen LogP contribution in [0.25, 0.3) is 22.3 Å². The van der Waals surface area contributed by atoms with Crippen LogP contribution in [0.3, 0.4) is 0 Å². The van der Waals surface area contributed by atoms with Gasteiger partial charge in [0.25, 0.3) is 12.3 Å². The Morgan fingerprint density at radius 2 is 2.08 bits per heavy atom. The van der Waals surface area contributed by atoms with Crippen LogP contribution in [0.15, 0.2) is 24.5 Å². The largest absolute Gasteiger partial charge is 0.530 e. The first-order chi connectivity index (χ1) is 17.2. The number of ether oxygens (including phenoxy) is 1. The number of likely N-dealkylation sites (tertiary alicyclic amines) is 1. The first-order valence-corrected chi connectivity index (χ1v) is 11.9. The van der Waals surface area contributed by atoms with Crippen LogP contribution < -0.4 is 15.2 Å². The van der Waals surface area contributed by atoms with Gasteiger partial charge < -0.3 is 29.8 Å². The van der Waals surface area contributed by atoms with E-state index >= 15 is 0 Å². The smallest absolute Gasteiger partial charge is 0.263 e. The molecule has 5 rings (SSSR count). The normalized spacial score (nSPS) is 19.8. The topological polar surface area (TPSA) is 123 Å². The minimum Gasteiger partial charge on any atom is -0.530 e. The molecule has 3 heterocycles. The molecule has 0 bridgehead atoms. The Bertz CT molecular complexity index is 1320. The lowest BCUT2D eigenvalue weighted by Gasteiger charge is -2.23. The Hall–Kier alpha value is -3.76. The monoisotopic (exact) mass is 498 g/mol. The predicted molar refractivity (Wildman–Crippen MR) is 125 cm³/mol. The number of carbonyl (C=O) groups excluding carboxylic acids is 2. The van der Waals surface area contributed by atoms with Gasteiger partial charge in [-0.2, -0.15) is 0 Å². The van der Waals surface area contributed by atoms with Crippen LogP contribution >= 0.6 is 0 Å². The van der Waals surface area contributed by atoms with Gasteiger partial charge in [0.1, 0.15) is 29.4 Å². The molecule has 0 unspecified atom stereocenters. The Morgan fingerprint density at radius 1 is 1.31 bits per heavy atom. The van der Waals surface area contributed by atoms with Gasteiger partial charge in [-0.1, -0.05) is 0 Å². The third kappa shape index (κ3) is 4.57. The zero-order valence-corrected chi connectivity index (χ0v) is 19.9. The molecule has 1 saturated heterocycles. The van der Waals surface area contributed by atoms with Gasteiger partial charge in [0.15, 0.2) is 0 Å². The third-order valence-corrected chi connectivity index (χ3v) is 6.83. The van der Waals surface area contributed by atoms with Crippen LogP contribution in [0.2, 0.25) is 0 Å². The number of amides is 2. The molecule has 36 heavy (non-hydrogen) atoms. The van der Waals surface area contributed by atoms with Crippen molar-refractivity contribution in [1.29, 1.82) is 0 Å². The Kier molecular flexibility index (Phi) is 6.23. The maximum absolute atomic E-state index is 13.5. The summed E-state index contributed by atoms with van der Waals surface area (Å²) in [5.41, 5.74) is 2.17. The highest BCUT2D eigenvalue weighted by atomic mass is 19.3. The molecule has 3 aromatic rings. The summed E-state index contributed by atoms with van der Waals surface area (Å²) in [4.78, 5) is 37.5. The molecule has 2 N–H and O–H groups in total. The van der Waals surface area contributed by atoms with Gasteiger partial charge in [-0.15, -0.1) is 0 Å². The first-order valence-electron chi connectivity index (χ1n) is 11.9. The van der Waals surface area contributed by atoms with Crippen LogP contribution in [-0.2, 0) is 0 Å². The maximum Gasteiger partial charge on any atom is 0.263 e. The van der Waals surface area contributed by atoms with Gasteiger partial charge in [-0.05, 0) is 57.2 Å². The Morgan fingerprint density at radius 3 is 2.75 bits per heavy atom. The molecule has 2 aliphatic rings. The van der Waals surface area contributed by atoms with Gasteiger partial charge >= 0.3 is 0 Å². The zero-order valence-electron chi connectivity index (χ0n) is 19.9. The molecular formula is C25H26F2N5O4-. The molecule has 1 aliphatic heterocycles. The summed E-state index contributed by atoms with van der Waals surface area (Å²) >= 11 is 0. The zero-order chi connectivity index (χ0) is 25.6. The molecule has 2 aromatic heterocycles. The van der Waals surface area contributed by atoms with Crippen LogP contribution in [0, 0.1) is 12.8 Å². The fourth-order valence-corrected chi connectivity index (χ4v) is 4.74. The highest BCUT2D eigenvalue weighted by molar-refractivity contribution is 6.09. The van der Waals surface area contributed by atoms with E-state index in [1.807, 2.05) is 0 Å². The summed E-state index contributed by atoms with van der Waals surface area (Å²) in [5.74, 6) is 0.492. The number of benzene rings is 1. The number of alkyl halides is 2. The SMILES string of the molecule is Cc1[nH]c2c(-c3cc(C(F)F)ccc3OCC3CC3)ncnc2c1C(=O)N[C@H]1C[C@H](C)N(C(=O)[O-])C1. The fourth-order valence-electron chi connectivity index (χ4n) is 4.74. The van der Waals surface area contributed by atoms with E-state index in [9.17, 15) is 23.5 Å². The van der Waals surface area contributed by atoms with Crippen molar-refractivity contribution in [1.82, 2.24) is 25.2 Å². The van der Waals surface area contributed by atoms with Crippen LogP contribution in [0.5, 0.6) is 5.75 Å². The quantitative estimate of drug-likeness (QED) is 0.516. The number of aryl methyl sites for hydroxylation is 1. The van der Waals surface area contributed by atoms with E-state index in [4.69, 9.17) is 4.74 Å². The molecule has 0 radical (unpaired) electrons. The highest BCUT2D eigenvalue weighted by Gasteiger charge is 2.32. The summed E-state index contributed by atoms with van der Waals surface area (Å²) in [7, 11) is 0. The second-order valence-corrected chi connectivity index (χ2v) is 9.55. The third-order valence-electron chi connectivity index (χ3n) is 6.83. The summed E-state index contributed by atoms with van der Waals surface area (Å²) in [6, 6.07) is 3.59. The summed E-state index contributed by atoms with van der Waals surface area (Å²) in [5, 5.41) is 14.2. The molecule has 1 aliphatic carbocycles. The number of rotatable bonds is 7. The number of fused-ring (bicyclic) bond motifs is 1. The van der Waals surface area contributed by atoms with Gasteiger partial charge in [-0.3, -0.25) is 4.79 Å². The van der Waals surface area contributed by atoms with E-state index in [0.29, 0.717) is 58.2 Å². The second-order valence-electron chi connectivity index (χ2n) is 9.55. The summed E-state index contributed by atoms with van der Waals surface area (Å²) in [6.07, 6.45) is -0.0284. The minimum absolute atomic E-state index is 0.138. The molecule has 11 heteroatoms. The lowest BCUT2D eigenvalue weighted by atomic mass is 10.0. The average Bonchev–Trinajstić information content (AvgIpc) is 3.49. The molecule has 2 amide bonds. The highest BCUT2D eigenvalue weighted by Crippen LogP contribution is 2.38. The minimum atomic E-state index is -2.67. The fraction of sp³-hybridized carbons (Fsp3) is 0.440. The van der Waals surface area contributed by atoms with Crippen molar-refractivity contribution in [2.75, 3.05) is 13.2 Å². The number of hydrogen-bond donors (Lipinski definition) is 2. The number of halogens is 2. The van der Waals surface area contributed by atoms with Crippen molar-refractivity contribution in [2.24, 2.45) is 5.92 Å². The summed E-state index contributed by atoms with van der Waals surface area (Å²) in [6.45, 7) is 4.11. The maximum atomic E-state index is 13.5. The molecule has 1 aromatic carbocycles. The number of carboxylic acid groups (broad SMARTS) is 1. The molecule has 1 saturated carbocycles. The predicted octanol–water partition coefficient (Wildman–Crippen LogP) is 3.20. The van der Waals surface area contributed by atoms with Crippen molar-refractivity contribution in [3.8, 4) is 17.0 Å². The van der Waals surface area contributed by atoms with Crippen molar-refractivity contribution in [2.45, 2.75) is 51.6 Å². The van der Waals surface area contributed by atoms with Crippen molar-refractivity contribution in [3.05, 3.63) is 41.3 Å². The number of aromatic amines is 1. The van der Waals surface area contributed by atoms with Gasteiger partial charge in [0.2, 0.25) is 0 Å². The Balaban J connectivity index is 1.50. The van der Waals surface area contributed by atoms with Crippen LogP contribution in [-0.4, -0.2) is 57.1 Å². The van der Waals surface area contributed by atoms with E-state index in [-0.39, 0.29) is 24.2 Å².